The number of thiophene rings is 1. The molecule has 3 N–H and O–H groups in total. The lowest BCUT2D eigenvalue weighted by atomic mass is 9.89. The molecular formula is C17H19ClFN3O2S2. The second kappa shape index (κ2) is 8.28. The number of nitrogens with two attached hydrogens (primary N) is 1. The molecule has 1 aliphatic rings. The van der Waals surface area contributed by atoms with Gasteiger partial charge < -0.3 is 15.8 Å². The van der Waals surface area contributed by atoms with E-state index < -0.39 is 5.54 Å². The Bertz CT molecular complexity index is 843. The van der Waals surface area contributed by atoms with Gasteiger partial charge in [-0.3, -0.25) is 9.79 Å². The quantitative estimate of drug-likeness (QED) is 0.783. The fraction of sp³-hybridized carbons (Fsp3) is 0.294. The highest BCUT2D eigenvalue weighted by Crippen LogP contribution is 2.37. The van der Waals surface area contributed by atoms with Gasteiger partial charge in [0.15, 0.2) is 5.17 Å². The number of nitrogens with one attached hydrogen (secondary N) is 1. The molecule has 2 heterocycles. The predicted octanol–water partition coefficient (Wildman–Crippen LogP) is 4.24. The predicted molar refractivity (Wildman–Crippen MR) is 109 cm³/mol. The summed E-state index contributed by atoms with van der Waals surface area (Å²) < 4.78 is 19.6. The van der Waals surface area contributed by atoms with Crippen molar-refractivity contribution in [1.29, 1.82) is 0 Å². The number of nitrogens with zero attached hydrogens (tertiary/aromatic N) is 1. The minimum atomic E-state index is -0.736. The van der Waals surface area contributed by atoms with E-state index in [1.807, 2.05) is 6.92 Å². The Balaban J connectivity index is 0.00000243. The molecule has 3 rings (SSSR count). The summed E-state index contributed by atoms with van der Waals surface area (Å²) in [5, 5.41) is 6.70. The van der Waals surface area contributed by atoms with Crippen molar-refractivity contribution in [2.24, 2.45) is 10.7 Å². The van der Waals surface area contributed by atoms with Crippen molar-refractivity contribution < 1.29 is 13.9 Å². The van der Waals surface area contributed by atoms with Crippen molar-refractivity contribution in [3.63, 3.8) is 0 Å². The van der Waals surface area contributed by atoms with E-state index in [1.54, 1.807) is 16.8 Å². The van der Waals surface area contributed by atoms with Gasteiger partial charge in [0, 0.05) is 27.8 Å². The Morgan fingerprint density at radius 2 is 2.19 bits per heavy atom. The first kappa shape index (κ1) is 20.5. The van der Waals surface area contributed by atoms with Gasteiger partial charge in [-0.2, -0.15) is 0 Å². The van der Waals surface area contributed by atoms with Gasteiger partial charge in [0.2, 0.25) is 0 Å². The fourth-order valence-corrected chi connectivity index (χ4v) is 4.45. The van der Waals surface area contributed by atoms with E-state index in [0.717, 1.165) is 5.75 Å². The maximum absolute atomic E-state index is 14.4. The van der Waals surface area contributed by atoms with Crippen LogP contribution >= 0.6 is 35.5 Å². The molecule has 0 saturated carbocycles. The number of amides is 1. The maximum Gasteiger partial charge on any atom is 0.260 e. The third kappa shape index (κ3) is 4.13. The number of carbonyl (C=O) groups excluding carboxylic acids is 1. The van der Waals surface area contributed by atoms with Gasteiger partial charge in [-0.05, 0) is 31.5 Å². The molecule has 0 radical (unpaired) electrons. The van der Waals surface area contributed by atoms with Crippen LogP contribution in [0.4, 0.5) is 10.1 Å². The van der Waals surface area contributed by atoms with Gasteiger partial charge in [0.1, 0.15) is 11.6 Å². The second-order valence-corrected chi connectivity index (χ2v) is 7.68. The van der Waals surface area contributed by atoms with E-state index >= 15 is 0 Å². The van der Waals surface area contributed by atoms with E-state index in [9.17, 15) is 9.18 Å². The molecular weight excluding hydrogens is 397 g/mol. The zero-order chi connectivity index (χ0) is 18.0. The summed E-state index contributed by atoms with van der Waals surface area (Å²) in [5.74, 6) is 0.618. The molecule has 0 bridgehead atoms. The average Bonchev–Trinajstić information content (AvgIpc) is 3.05. The van der Waals surface area contributed by atoms with Gasteiger partial charge in [0.05, 0.1) is 18.2 Å². The van der Waals surface area contributed by atoms with Gasteiger partial charge >= 0.3 is 0 Å². The number of carbonyl (C=O) groups is 1. The SMILES string of the molecule is COc1cscc1C(=O)Nc1ccc(F)c([C@]2(C)CCSC(N)=N2)c1.Cl. The molecule has 0 fully saturated rings. The number of anilines is 1. The van der Waals surface area contributed by atoms with Crippen LogP contribution in [0.1, 0.15) is 29.3 Å². The smallest absolute Gasteiger partial charge is 0.260 e. The molecule has 1 aromatic carbocycles. The standard InChI is InChI=1S/C17H18FN3O2S2.ClH/c1-17(5-6-25-16(19)21-17)12-7-10(3-4-13(12)18)20-15(22)11-8-24-9-14(11)23-2;/h3-4,7-9H,5-6H2,1-2H3,(H2,19,21)(H,20,22);1H/t17-;/m0./s1. The van der Waals surface area contributed by atoms with Gasteiger partial charge in [-0.25, -0.2) is 4.39 Å². The van der Waals surface area contributed by atoms with Gasteiger partial charge in [-0.1, -0.05) is 11.8 Å². The van der Waals surface area contributed by atoms with Crippen LogP contribution in [-0.2, 0) is 5.54 Å². The number of rotatable bonds is 4. The minimum Gasteiger partial charge on any atom is -0.495 e. The van der Waals surface area contributed by atoms with Crippen LogP contribution in [0.15, 0.2) is 34.0 Å². The highest BCUT2D eigenvalue weighted by Gasteiger charge is 2.32. The summed E-state index contributed by atoms with van der Waals surface area (Å²) in [4.78, 5) is 16.9. The first-order valence-electron chi connectivity index (χ1n) is 7.62. The molecule has 1 atom stereocenters. The number of amidine groups is 1. The third-order valence-electron chi connectivity index (χ3n) is 4.09. The number of thioether (sulfide) groups is 1. The van der Waals surface area contributed by atoms with E-state index in [2.05, 4.69) is 10.3 Å². The van der Waals surface area contributed by atoms with Crippen LogP contribution < -0.4 is 15.8 Å². The molecule has 2 aromatic rings. The number of ether oxygens (including phenoxy) is 1. The van der Waals surface area contributed by atoms with Crippen LogP contribution in [-0.4, -0.2) is 23.9 Å². The van der Waals surface area contributed by atoms with Gasteiger partial charge in [-0.15, -0.1) is 23.7 Å². The molecule has 0 spiro atoms. The van der Waals surface area contributed by atoms with Crippen LogP contribution in [0.3, 0.4) is 0 Å². The number of halogens is 2. The van der Waals surface area contributed by atoms with E-state index in [0.29, 0.717) is 34.2 Å². The number of hydrogen-bond donors (Lipinski definition) is 2. The normalized spacial score (nSPS) is 19.3. The molecule has 0 aliphatic carbocycles. The largest absolute Gasteiger partial charge is 0.495 e. The number of aliphatic imine (C=N–C) groups is 1. The van der Waals surface area contributed by atoms with Crippen molar-refractivity contribution >= 4 is 52.3 Å². The molecule has 1 aromatic heterocycles. The van der Waals surface area contributed by atoms with Crippen molar-refractivity contribution in [3.05, 3.63) is 45.9 Å². The molecule has 1 aliphatic heterocycles. The van der Waals surface area contributed by atoms with Crippen LogP contribution in [0.25, 0.3) is 0 Å². The Morgan fingerprint density at radius 3 is 2.88 bits per heavy atom. The Morgan fingerprint density at radius 1 is 1.42 bits per heavy atom. The number of methoxy groups -OCH3 is 1. The minimum absolute atomic E-state index is 0. The highest BCUT2D eigenvalue weighted by molar-refractivity contribution is 8.13. The topological polar surface area (TPSA) is 76.7 Å². The van der Waals surface area contributed by atoms with Crippen molar-refractivity contribution in [2.45, 2.75) is 18.9 Å². The van der Waals surface area contributed by atoms with Crippen LogP contribution in [0.5, 0.6) is 5.75 Å². The molecule has 1 amide bonds. The second-order valence-electron chi connectivity index (χ2n) is 5.82. The highest BCUT2D eigenvalue weighted by atomic mass is 35.5. The average molecular weight is 416 g/mol. The van der Waals surface area contributed by atoms with Crippen molar-refractivity contribution in [2.75, 3.05) is 18.2 Å². The molecule has 0 unspecified atom stereocenters. The zero-order valence-electron chi connectivity index (χ0n) is 14.2. The molecule has 140 valence electrons. The van der Waals surface area contributed by atoms with E-state index in [-0.39, 0.29) is 24.1 Å². The lowest BCUT2D eigenvalue weighted by molar-refractivity contribution is 0.102. The first-order chi connectivity index (χ1) is 11.9. The van der Waals surface area contributed by atoms with Gasteiger partial charge in [0.25, 0.3) is 5.91 Å². The maximum atomic E-state index is 14.4. The summed E-state index contributed by atoms with van der Waals surface area (Å²) in [6.07, 6.45) is 0.672. The summed E-state index contributed by atoms with van der Waals surface area (Å²) in [6, 6.07) is 4.50. The number of hydrogen-bond acceptors (Lipinski definition) is 6. The lowest BCUT2D eigenvalue weighted by Gasteiger charge is -2.30. The fourth-order valence-electron chi connectivity index (χ4n) is 2.70. The Labute approximate surface area is 165 Å². The molecule has 26 heavy (non-hydrogen) atoms. The first-order valence-corrected chi connectivity index (χ1v) is 9.55. The summed E-state index contributed by atoms with van der Waals surface area (Å²) >= 11 is 2.84. The molecule has 9 heteroatoms. The van der Waals surface area contributed by atoms with E-state index in [4.69, 9.17) is 10.5 Å². The van der Waals surface area contributed by atoms with Crippen molar-refractivity contribution in [3.8, 4) is 5.75 Å². The monoisotopic (exact) mass is 415 g/mol. The molecule has 5 nitrogen and oxygen atoms in total. The lowest BCUT2D eigenvalue weighted by Crippen LogP contribution is -2.29. The Kier molecular flexibility index (Phi) is 6.54. The summed E-state index contributed by atoms with van der Waals surface area (Å²) in [7, 11) is 1.51. The van der Waals surface area contributed by atoms with Crippen LogP contribution in [0, 0.1) is 5.82 Å². The summed E-state index contributed by atoms with van der Waals surface area (Å²) in [6.45, 7) is 1.85. The van der Waals surface area contributed by atoms with E-state index in [1.165, 1.54) is 42.3 Å². The third-order valence-corrected chi connectivity index (χ3v) is 5.61. The summed E-state index contributed by atoms with van der Waals surface area (Å²) in [5.41, 5.74) is 6.45. The number of benzene rings is 1. The molecule has 0 saturated heterocycles. The van der Waals surface area contributed by atoms with Crippen molar-refractivity contribution in [1.82, 2.24) is 0 Å². The zero-order valence-corrected chi connectivity index (χ0v) is 16.7. The Hall–Kier alpha value is -1.77. The van der Waals surface area contributed by atoms with Crippen LogP contribution in [0.2, 0.25) is 0 Å².